The van der Waals surface area contributed by atoms with E-state index in [2.05, 4.69) is 5.32 Å². The summed E-state index contributed by atoms with van der Waals surface area (Å²) in [5.74, 6) is -0.0289. The fourth-order valence-electron chi connectivity index (χ4n) is 2.69. The summed E-state index contributed by atoms with van der Waals surface area (Å²) in [7, 11) is 0. The van der Waals surface area contributed by atoms with Crippen LogP contribution in [0.15, 0.2) is 18.2 Å². The summed E-state index contributed by atoms with van der Waals surface area (Å²) < 4.78 is 0. The highest BCUT2D eigenvalue weighted by molar-refractivity contribution is 6.31. The van der Waals surface area contributed by atoms with Crippen molar-refractivity contribution in [3.8, 4) is 0 Å². The van der Waals surface area contributed by atoms with Crippen molar-refractivity contribution in [3.05, 3.63) is 34.3 Å². The van der Waals surface area contributed by atoms with Gasteiger partial charge in [0.25, 0.3) is 0 Å². The van der Waals surface area contributed by atoms with Crippen LogP contribution in [0, 0.1) is 6.92 Å². The van der Waals surface area contributed by atoms with Crippen molar-refractivity contribution < 1.29 is 9.59 Å². The molecule has 0 aromatic heterocycles. The Hall–Kier alpha value is -1.55. The molecule has 1 aromatic carbocycles. The van der Waals surface area contributed by atoms with Crippen LogP contribution in [0.1, 0.15) is 37.3 Å². The van der Waals surface area contributed by atoms with Gasteiger partial charge >= 0.3 is 0 Å². The molecule has 1 saturated heterocycles. The molecule has 114 valence electrons. The summed E-state index contributed by atoms with van der Waals surface area (Å²) in [5, 5.41) is 3.55. The zero-order chi connectivity index (χ0) is 15.4. The standard InChI is InChI=1S/C16H21ClN2O2/c1-3-19-14(5-4-6-15(19)20)16(21)18-10-12-8-7-11(2)9-13(12)17/h7-9,14H,3-6,10H2,1-2H3,(H,18,21). The third-order valence-electron chi connectivity index (χ3n) is 3.87. The van der Waals surface area contributed by atoms with Gasteiger partial charge in [-0.25, -0.2) is 0 Å². The van der Waals surface area contributed by atoms with E-state index in [4.69, 9.17) is 11.6 Å². The Labute approximate surface area is 130 Å². The van der Waals surface area contributed by atoms with Gasteiger partial charge in [0.15, 0.2) is 0 Å². The molecule has 2 amide bonds. The Balaban J connectivity index is 1.99. The lowest BCUT2D eigenvalue weighted by molar-refractivity contribution is -0.143. The number of halogens is 1. The minimum absolute atomic E-state index is 0.0669. The molecule has 1 N–H and O–H groups in total. The van der Waals surface area contributed by atoms with Crippen molar-refractivity contribution in [1.29, 1.82) is 0 Å². The number of aryl methyl sites for hydroxylation is 1. The number of carbonyl (C=O) groups is 2. The number of benzene rings is 1. The van der Waals surface area contributed by atoms with E-state index in [1.807, 2.05) is 32.0 Å². The van der Waals surface area contributed by atoms with Crippen LogP contribution in [0.5, 0.6) is 0 Å². The number of nitrogens with one attached hydrogen (secondary N) is 1. The molecule has 0 bridgehead atoms. The number of hydrogen-bond acceptors (Lipinski definition) is 2. The minimum Gasteiger partial charge on any atom is -0.350 e. The zero-order valence-corrected chi connectivity index (χ0v) is 13.2. The topological polar surface area (TPSA) is 49.4 Å². The van der Waals surface area contributed by atoms with Crippen LogP contribution in [0.25, 0.3) is 0 Å². The number of piperidine rings is 1. The van der Waals surface area contributed by atoms with Gasteiger partial charge in [-0.2, -0.15) is 0 Å². The average molecular weight is 309 g/mol. The molecule has 2 rings (SSSR count). The number of rotatable bonds is 4. The van der Waals surface area contributed by atoms with Gasteiger partial charge in [-0.1, -0.05) is 23.7 Å². The summed E-state index contributed by atoms with van der Waals surface area (Å²) in [4.78, 5) is 25.8. The van der Waals surface area contributed by atoms with Crippen molar-refractivity contribution in [2.45, 2.75) is 45.7 Å². The summed E-state index contributed by atoms with van der Waals surface area (Å²) in [6.07, 6.45) is 2.05. The van der Waals surface area contributed by atoms with Crippen LogP contribution in [0.4, 0.5) is 0 Å². The van der Waals surface area contributed by atoms with Crippen LogP contribution in [0.3, 0.4) is 0 Å². The van der Waals surface area contributed by atoms with Crippen molar-refractivity contribution in [2.75, 3.05) is 6.54 Å². The summed E-state index contributed by atoms with van der Waals surface area (Å²) >= 11 is 6.16. The summed E-state index contributed by atoms with van der Waals surface area (Å²) in [6, 6.07) is 5.42. The third kappa shape index (κ3) is 3.76. The van der Waals surface area contributed by atoms with Gasteiger partial charge in [-0.15, -0.1) is 0 Å². The van der Waals surface area contributed by atoms with E-state index in [1.165, 1.54) is 0 Å². The smallest absolute Gasteiger partial charge is 0.243 e. The largest absolute Gasteiger partial charge is 0.350 e. The lowest BCUT2D eigenvalue weighted by Gasteiger charge is -2.33. The molecule has 1 unspecified atom stereocenters. The zero-order valence-electron chi connectivity index (χ0n) is 12.5. The molecule has 0 spiro atoms. The fraction of sp³-hybridized carbons (Fsp3) is 0.500. The van der Waals surface area contributed by atoms with Crippen molar-refractivity contribution in [1.82, 2.24) is 10.2 Å². The molecular weight excluding hydrogens is 288 g/mol. The van der Waals surface area contributed by atoms with Gasteiger partial charge in [0, 0.05) is 24.5 Å². The van der Waals surface area contributed by atoms with E-state index < -0.39 is 0 Å². The van der Waals surface area contributed by atoms with Gasteiger partial charge in [0.05, 0.1) is 0 Å². The maximum Gasteiger partial charge on any atom is 0.243 e. The van der Waals surface area contributed by atoms with Crippen LogP contribution >= 0.6 is 11.6 Å². The molecule has 5 heteroatoms. The second kappa shape index (κ2) is 6.94. The predicted octanol–water partition coefficient (Wildman–Crippen LogP) is 2.67. The van der Waals surface area contributed by atoms with Crippen molar-refractivity contribution in [3.63, 3.8) is 0 Å². The van der Waals surface area contributed by atoms with Crippen LogP contribution in [0.2, 0.25) is 5.02 Å². The molecule has 1 fully saturated rings. The Morgan fingerprint density at radius 2 is 2.24 bits per heavy atom. The molecule has 1 aromatic rings. The van der Waals surface area contributed by atoms with E-state index in [-0.39, 0.29) is 17.9 Å². The number of likely N-dealkylation sites (N-methyl/N-ethyl adjacent to an activating group) is 1. The number of amides is 2. The van der Waals surface area contributed by atoms with Crippen molar-refractivity contribution >= 4 is 23.4 Å². The van der Waals surface area contributed by atoms with E-state index in [1.54, 1.807) is 4.90 Å². The molecule has 1 aliphatic heterocycles. The van der Waals surface area contributed by atoms with Crippen molar-refractivity contribution in [2.24, 2.45) is 0 Å². The Bertz CT molecular complexity index is 545. The first-order valence-corrected chi connectivity index (χ1v) is 7.73. The van der Waals surface area contributed by atoms with Crippen LogP contribution in [-0.2, 0) is 16.1 Å². The lowest BCUT2D eigenvalue weighted by atomic mass is 10.0. The maximum absolute atomic E-state index is 12.3. The maximum atomic E-state index is 12.3. The molecular formula is C16H21ClN2O2. The molecule has 1 atom stereocenters. The normalized spacial score (nSPS) is 18.7. The van der Waals surface area contributed by atoms with E-state index in [0.29, 0.717) is 24.5 Å². The number of likely N-dealkylation sites (tertiary alicyclic amines) is 1. The molecule has 0 radical (unpaired) electrons. The lowest BCUT2D eigenvalue weighted by Crippen LogP contribution is -2.51. The number of nitrogens with zero attached hydrogens (tertiary/aromatic N) is 1. The molecule has 1 aliphatic rings. The minimum atomic E-state index is -0.347. The van der Waals surface area contributed by atoms with E-state index in [9.17, 15) is 9.59 Å². The highest BCUT2D eigenvalue weighted by Gasteiger charge is 2.31. The third-order valence-corrected chi connectivity index (χ3v) is 4.22. The number of carbonyl (C=O) groups excluding carboxylic acids is 2. The molecule has 21 heavy (non-hydrogen) atoms. The van der Waals surface area contributed by atoms with Gasteiger partial charge in [0.1, 0.15) is 6.04 Å². The second-order valence-electron chi connectivity index (χ2n) is 5.40. The fourth-order valence-corrected chi connectivity index (χ4v) is 2.99. The highest BCUT2D eigenvalue weighted by atomic mass is 35.5. The number of hydrogen-bond donors (Lipinski definition) is 1. The average Bonchev–Trinajstić information content (AvgIpc) is 2.45. The monoisotopic (exact) mass is 308 g/mol. The second-order valence-corrected chi connectivity index (χ2v) is 5.81. The predicted molar refractivity (Wildman–Crippen MR) is 83.1 cm³/mol. The van der Waals surface area contributed by atoms with E-state index in [0.717, 1.165) is 24.0 Å². The van der Waals surface area contributed by atoms with E-state index >= 15 is 0 Å². The first kappa shape index (κ1) is 15.8. The first-order chi connectivity index (χ1) is 10.0. The Kier molecular flexibility index (Phi) is 5.23. The van der Waals surface area contributed by atoms with Gasteiger partial charge in [-0.05, 0) is 43.9 Å². The summed E-state index contributed by atoms with van der Waals surface area (Å²) in [6.45, 7) is 4.84. The summed E-state index contributed by atoms with van der Waals surface area (Å²) in [5.41, 5.74) is 1.98. The Morgan fingerprint density at radius 1 is 1.48 bits per heavy atom. The van der Waals surface area contributed by atoms with Crippen LogP contribution in [-0.4, -0.2) is 29.3 Å². The molecule has 1 heterocycles. The van der Waals surface area contributed by atoms with Gasteiger partial charge < -0.3 is 10.2 Å². The van der Waals surface area contributed by atoms with Crippen LogP contribution < -0.4 is 5.32 Å². The first-order valence-electron chi connectivity index (χ1n) is 7.35. The SMILES string of the molecule is CCN1C(=O)CCCC1C(=O)NCc1ccc(C)cc1Cl. The van der Waals surface area contributed by atoms with Gasteiger partial charge in [-0.3, -0.25) is 9.59 Å². The molecule has 4 nitrogen and oxygen atoms in total. The Morgan fingerprint density at radius 3 is 2.90 bits per heavy atom. The quantitative estimate of drug-likeness (QED) is 0.929. The van der Waals surface area contributed by atoms with Gasteiger partial charge in [0.2, 0.25) is 11.8 Å². The molecule has 0 saturated carbocycles. The molecule has 0 aliphatic carbocycles. The highest BCUT2D eigenvalue weighted by Crippen LogP contribution is 2.20.